The minimum absolute atomic E-state index is 0.0420. The first-order valence-corrected chi connectivity index (χ1v) is 7.53. The molecule has 1 aromatic heterocycles. The summed E-state index contributed by atoms with van der Waals surface area (Å²) >= 11 is 0. The number of nitrogens with zero attached hydrogens (tertiary/aromatic N) is 3. The zero-order valence-corrected chi connectivity index (χ0v) is 12.1. The highest BCUT2D eigenvalue weighted by atomic mass is 16.3. The number of rotatable bonds is 3. The van der Waals surface area contributed by atoms with E-state index in [1.165, 1.54) is 12.8 Å². The molecule has 1 amide bonds. The van der Waals surface area contributed by atoms with E-state index in [0.717, 1.165) is 18.7 Å². The molecule has 0 unspecified atom stereocenters. The smallest absolute Gasteiger partial charge is 0.246 e. The third kappa shape index (κ3) is 3.31. The molecule has 0 saturated carbocycles. The Labute approximate surface area is 124 Å². The molecule has 5 heteroatoms. The molecule has 1 N–H and O–H groups in total. The van der Waals surface area contributed by atoms with Crippen molar-refractivity contribution < 1.29 is 9.90 Å². The highest BCUT2D eigenvalue weighted by Gasteiger charge is 2.37. The molecule has 3 heterocycles. The van der Waals surface area contributed by atoms with Gasteiger partial charge in [-0.2, -0.15) is 0 Å². The lowest BCUT2D eigenvalue weighted by Gasteiger charge is -2.25. The van der Waals surface area contributed by atoms with Crippen LogP contribution in [0.5, 0.6) is 0 Å². The molecule has 2 aliphatic heterocycles. The summed E-state index contributed by atoms with van der Waals surface area (Å²) in [5.41, 5.74) is 0.904. The molecule has 0 spiro atoms. The number of hydrogen-bond donors (Lipinski definition) is 1. The van der Waals surface area contributed by atoms with E-state index in [4.69, 9.17) is 0 Å². The number of likely N-dealkylation sites (tertiary alicyclic amines) is 2. The van der Waals surface area contributed by atoms with E-state index >= 15 is 0 Å². The fourth-order valence-electron chi connectivity index (χ4n) is 3.13. The predicted molar refractivity (Wildman–Crippen MR) is 80.5 cm³/mol. The van der Waals surface area contributed by atoms with Crippen LogP contribution in [-0.4, -0.2) is 64.1 Å². The van der Waals surface area contributed by atoms with Crippen LogP contribution in [0.1, 0.15) is 18.4 Å². The lowest BCUT2D eigenvalue weighted by molar-refractivity contribution is -0.125. The molecule has 3 rings (SSSR count). The molecular formula is C16H21N3O2. The molecule has 5 nitrogen and oxygen atoms in total. The Hall–Kier alpha value is -1.72. The van der Waals surface area contributed by atoms with Gasteiger partial charge in [-0.05, 0) is 43.6 Å². The Balaban J connectivity index is 1.60. The van der Waals surface area contributed by atoms with Crippen molar-refractivity contribution in [1.82, 2.24) is 14.8 Å². The number of hydrogen-bond acceptors (Lipinski definition) is 4. The SMILES string of the molecule is O=C(C=Cc1cccnc1)N1C[C@@H](O)[C@H](N2CCCC2)C1. The fourth-order valence-corrected chi connectivity index (χ4v) is 3.13. The maximum atomic E-state index is 12.2. The van der Waals surface area contributed by atoms with Crippen LogP contribution in [0.15, 0.2) is 30.6 Å². The molecule has 1 aromatic rings. The van der Waals surface area contributed by atoms with E-state index in [2.05, 4.69) is 9.88 Å². The largest absolute Gasteiger partial charge is 0.390 e. The van der Waals surface area contributed by atoms with Crippen molar-refractivity contribution in [2.75, 3.05) is 26.2 Å². The summed E-state index contributed by atoms with van der Waals surface area (Å²) in [5, 5.41) is 10.2. The molecule has 0 bridgehead atoms. The summed E-state index contributed by atoms with van der Waals surface area (Å²) in [6, 6.07) is 3.85. The van der Waals surface area contributed by atoms with Gasteiger partial charge in [0.25, 0.3) is 0 Å². The van der Waals surface area contributed by atoms with Crippen LogP contribution in [0.3, 0.4) is 0 Å². The summed E-state index contributed by atoms with van der Waals surface area (Å²) in [6.45, 7) is 3.12. The summed E-state index contributed by atoms with van der Waals surface area (Å²) in [4.78, 5) is 20.3. The lowest BCUT2D eigenvalue weighted by Crippen LogP contribution is -2.41. The van der Waals surface area contributed by atoms with Gasteiger partial charge in [-0.1, -0.05) is 6.07 Å². The summed E-state index contributed by atoms with van der Waals surface area (Å²) in [7, 11) is 0. The zero-order chi connectivity index (χ0) is 14.7. The Morgan fingerprint density at radius 2 is 2.14 bits per heavy atom. The Kier molecular flexibility index (Phi) is 4.31. The minimum Gasteiger partial charge on any atom is -0.390 e. The monoisotopic (exact) mass is 287 g/mol. The molecule has 0 aliphatic carbocycles. The lowest BCUT2D eigenvalue weighted by atomic mass is 10.2. The highest BCUT2D eigenvalue weighted by Crippen LogP contribution is 2.21. The third-order valence-electron chi connectivity index (χ3n) is 4.28. The van der Waals surface area contributed by atoms with E-state index in [1.807, 2.05) is 12.1 Å². The van der Waals surface area contributed by atoms with E-state index in [9.17, 15) is 9.90 Å². The Bertz CT molecular complexity index is 512. The molecule has 0 radical (unpaired) electrons. The van der Waals surface area contributed by atoms with Crippen LogP contribution in [0.4, 0.5) is 0 Å². The van der Waals surface area contributed by atoms with Gasteiger partial charge in [0.2, 0.25) is 5.91 Å². The summed E-state index contributed by atoms with van der Waals surface area (Å²) < 4.78 is 0. The van der Waals surface area contributed by atoms with E-state index in [1.54, 1.807) is 29.4 Å². The average molecular weight is 287 g/mol. The van der Waals surface area contributed by atoms with Crippen molar-refractivity contribution in [2.45, 2.75) is 25.0 Å². The number of amides is 1. The Morgan fingerprint density at radius 3 is 2.86 bits per heavy atom. The molecule has 21 heavy (non-hydrogen) atoms. The summed E-state index contributed by atoms with van der Waals surface area (Å²) in [5.74, 6) is -0.0420. The van der Waals surface area contributed by atoms with Crippen molar-refractivity contribution >= 4 is 12.0 Å². The van der Waals surface area contributed by atoms with E-state index < -0.39 is 6.10 Å². The molecule has 2 atom stereocenters. The fraction of sp³-hybridized carbons (Fsp3) is 0.500. The van der Waals surface area contributed by atoms with Gasteiger partial charge >= 0.3 is 0 Å². The second-order valence-corrected chi connectivity index (χ2v) is 5.74. The van der Waals surface area contributed by atoms with Crippen LogP contribution in [0.25, 0.3) is 6.08 Å². The van der Waals surface area contributed by atoms with Gasteiger partial charge < -0.3 is 10.0 Å². The molecule has 0 aromatic carbocycles. The number of carbonyl (C=O) groups excluding carboxylic acids is 1. The predicted octanol–water partition coefficient (Wildman–Crippen LogP) is 0.762. The van der Waals surface area contributed by atoms with Gasteiger partial charge in [-0.25, -0.2) is 0 Å². The van der Waals surface area contributed by atoms with Crippen LogP contribution in [0, 0.1) is 0 Å². The maximum Gasteiger partial charge on any atom is 0.246 e. The van der Waals surface area contributed by atoms with Crippen LogP contribution >= 0.6 is 0 Å². The van der Waals surface area contributed by atoms with Gasteiger partial charge in [0.05, 0.1) is 12.1 Å². The first-order chi connectivity index (χ1) is 10.2. The van der Waals surface area contributed by atoms with Crippen molar-refractivity contribution in [1.29, 1.82) is 0 Å². The molecule has 2 saturated heterocycles. The molecule has 112 valence electrons. The maximum absolute atomic E-state index is 12.2. The van der Waals surface area contributed by atoms with Crippen LogP contribution in [0.2, 0.25) is 0 Å². The standard InChI is InChI=1S/C16H21N3O2/c20-15-12-19(11-14(15)18-8-1-2-9-18)16(21)6-5-13-4-3-7-17-10-13/h3-7,10,14-15,20H,1-2,8-9,11-12H2/t14-,15-/m1/s1. The van der Waals surface area contributed by atoms with Crippen molar-refractivity contribution in [3.63, 3.8) is 0 Å². The zero-order valence-electron chi connectivity index (χ0n) is 12.1. The number of aliphatic hydroxyl groups excluding tert-OH is 1. The van der Waals surface area contributed by atoms with Crippen LogP contribution in [-0.2, 0) is 4.79 Å². The number of pyridine rings is 1. The van der Waals surface area contributed by atoms with Gasteiger partial charge in [0.15, 0.2) is 0 Å². The van der Waals surface area contributed by atoms with E-state index in [0.29, 0.717) is 13.1 Å². The number of β-amino-alcohol motifs (C(OH)–C–C–N with tert-alkyl or cyclic N) is 1. The first-order valence-electron chi connectivity index (χ1n) is 7.53. The minimum atomic E-state index is -0.432. The van der Waals surface area contributed by atoms with Gasteiger partial charge in [0, 0.05) is 31.6 Å². The average Bonchev–Trinajstić information content (AvgIpc) is 3.15. The van der Waals surface area contributed by atoms with Gasteiger partial charge in [0.1, 0.15) is 0 Å². The number of carbonyl (C=O) groups is 1. The van der Waals surface area contributed by atoms with E-state index in [-0.39, 0.29) is 11.9 Å². The Morgan fingerprint density at radius 1 is 1.33 bits per heavy atom. The quantitative estimate of drug-likeness (QED) is 0.834. The van der Waals surface area contributed by atoms with Crippen molar-refractivity contribution in [2.24, 2.45) is 0 Å². The molecular weight excluding hydrogens is 266 g/mol. The second kappa shape index (κ2) is 6.37. The number of aromatic nitrogens is 1. The topological polar surface area (TPSA) is 56.7 Å². The normalized spacial score (nSPS) is 26.8. The molecule has 2 fully saturated rings. The van der Waals surface area contributed by atoms with Gasteiger partial charge in [-0.15, -0.1) is 0 Å². The highest BCUT2D eigenvalue weighted by molar-refractivity contribution is 5.92. The molecule has 2 aliphatic rings. The van der Waals surface area contributed by atoms with Gasteiger partial charge in [-0.3, -0.25) is 14.7 Å². The van der Waals surface area contributed by atoms with Crippen molar-refractivity contribution in [3.8, 4) is 0 Å². The second-order valence-electron chi connectivity index (χ2n) is 5.74. The summed E-state index contributed by atoms with van der Waals surface area (Å²) in [6.07, 6.45) is 8.71. The number of aliphatic hydroxyl groups is 1. The first kappa shape index (κ1) is 14.2. The van der Waals surface area contributed by atoms with Crippen molar-refractivity contribution in [3.05, 3.63) is 36.2 Å². The third-order valence-corrected chi connectivity index (χ3v) is 4.28. The van der Waals surface area contributed by atoms with Crippen LogP contribution < -0.4 is 0 Å².